The zero-order valence-electron chi connectivity index (χ0n) is 7.86. The zero-order valence-corrected chi connectivity index (χ0v) is 7.86. The summed E-state index contributed by atoms with van der Waals surface area (Å²) < 4.78 is 12.6. The van der Waals surface area contributed by atoms with Crippen LogP contribution in [0, 0.1) is 15.9 Å². The van der Waals surface area contributed by atoms with Gasteiger partial charge >= 0.3 is 5.69 Å². The fourth-order valence-corrected chi connectivity index (χ4v) is 0.743. The Balaban J connectivity index is 0.000000791. The van der Waals surface area contributed by atoms with Crippen LogP contribution in [-0.2, 0) is 0 Å². The molecule has 1 rings (SSSR count). The van der Waals surface area contributed by atoms with E-state index < -0.39 is 16.4 Å². The van der Waals surface area contributed by atoms with Crippen molar-refractivity contribution in [1.82, 2.24) is 0 Å². The molecule has 76 valence electrons. The first-order valence-corrected chi connectivity index (χ1v) is 4.04. The number of rotatable bonds is 2. The monoisotopic (exact) mass is 199 g/mol. The average Bonchev–Trinajstić information content (AvgIpc) is 2.21. The summed E-state index contributed by atoms with van der Waals surface area (Å²) in [5.41, 5.74) is -0.595. The van der Waals surface area contributed by atoms with Crippen molar-refractivity contribution in [2.24, 2.45) is 0 Å². The third-order valence-electron chi connectivity index (χ3n) is 1.30. The quantitative estimate of drug-likeness (QED) is 0.417. The highest BCUT2D eigenvalue weighted by molar-refractivity contribution is 5.76. The van der Waals surface area contributed by atoms with E-state index in [2.05, 4.69) is 0 Å². The Hall–Kier alpha value is -1.78. The van der Waals surface area contributed by atoms with Crippen LogP contribution in [0.25, 0.3) is 0 Å². The summed E-state index contributed by atoms with van der Waals surface area (Å²) in [4.78, 5) is 19.4. The number of carbonyl (C=O) groups is 1. The molecule has 1 aromatic rings. The van der Waals surface area contributed by atoms with Crippen LogP contribution < -0.4 is 0 Å². The van der Waals surface area contributed by atoms with Gasteiger partial charge in [-0.2, -0.15) is 4.39 Å². The Kier molecular flexibility index (Phi) is 5.06. The minimum Gasteiger partial charge on any atom is -0.298 e. The van der Waals surface area contributed by atoms with Gasteiger partial charge in [-0.1, -0.05) is 13.8 Å². The van der Waals surface area contributed by atoms with Crippen LogP contribution in [0.15, 0.2) is 18.2 Å². The summed E-state index contributed by atoms with van der Waals surface area (Å²) in [7, 11) is 0. The first-order chi connectivity index (χ1) is 6.65. The highest BCUT2D eigenvalue weighted by Crippen LogP contribution is 2.17. The Labute approximate surface area is 80.5 Å². The molecule has 0 atom stereocenters. The standard InChI is InChI=1S/C7H4FNO3.C2H6/c8-6-2-1-5(4-10)3-7(6)9(11)12;1-2/h1-4H;1-2H3. The lowest BCUT2D eigenvalue weighted by molar-refractivity contribution is -0.387. The summed E-state index contributed by atoms with van der Waals surface area (Å²) in [6.07, 6.45) is 0.423. The van der Waals surface area contributed by atoms with Crippen LogP contribution in [0.1, 0.15) is 24.2 Å². The maximum absolute atomic E-state index is 12.6. The second kappa shape index (κ2) is 5.80. The van der Waals surface area contributed by atoms with E-state index >= 15 is 0 Å². The summed E-state index contributed by atoms with van der Waals surface area (Å²) in [5.74, 6) is -0.939. The number of aldehydes is 1. The molecule has 4 nitrogen and oxygen atoms in total. The lowest BCUT2D eigenvalue weighted by Gasteiger charge is -1.93. The Bertz CT molecular complexity index is 339. The minimum absolute atomic E-state index is 0.0862. The van der Waals surface area contributed by atoms with Crippen molar-refractivity contribution in [3.8, 4) is 0 Å². The molecule has 0 aliphatic carbocycles. The first kappa shape index (κ1) is 12.2. The fraction of sp³-hybridized carbons (Fsp3) is 0.222. The van der Waals surface area contributed by atoms with Crippen LogP contribution in [0.3, 0.4) is 0 Å². The molecule has 0 N–H and O–H groups in total. The van der Waals surface area contributed by atoms with Crippen molar-refractivity contribution in [3.05, 3.63) is 39.7 Å². The fourth-order valence-electron chi connectivity index (χ4n) is 0.743. The van der Waals surface area contributed by atoms with Crippen LogP contribution >= 0.6 is 0 Å². The topological polar surface area (TPSA) is 60.2 Å². The SMILES string of the molecule is CC.O=Cc1ccc(F)c([N+](=O)[O-])c1. The van der Waals surface area contributed by atoms with Crippen molar-refractivity contribution in [2.75, 3.05) is 0 Å². The molecule has 5 heteroatoms. The second-order valence-electron chi connectivity index (χ2n) is 2.09. The molecule has 0 saturated carbocycles. The average molecular weight is 199 g/mol. The predicted octanol–water partition coefficient (Wildman–Crippen LogP) is 2.57. The normalized spacial score (nSPS) is 8.50. The predicted molar refractivity (Wildman–Crippen MR) is 49.8 cm³/mol. The minimum atomic E-state index is -0.939. The number of nitrogens with zero attached hydrogens (tertiary/aromatic N) is 1. The van der Waals surface area contributed by atoms with Crippen molar-refractivity contribution in [3.63, 3.8) is 0 Å². The van der Waals surface area contributed by atoms with Crippen molar-refractivity contribution in [1.29, 1.82) is 0 Å². The summed E-state index contributed by atoms with van der Waals surface area (Å²) in [6, 6.07) is 2.96. The maximum atomic E-state index is 12.6. The van der Waals surface area contributed by atoms with E-state index in [4.69, 9.17) is 0 Å². The summed E-state index contributed by atoms with van der Waals surface area (Å²) in [5, 5.41) is 10.1. The Morgan fingerprint density at radius 3 is 2.43 bits per heavy atom. The Morgan fingerprint density at radius 2 is 2.00 bits per heavy atom. The number of nitro benzene ring substituents is 1. The molecule has 0 saturated heterocycles. The van der Waals surface area contributed by atoms with E-state index in [1.165, 1.54) is 6.07 Å². The molecule has 0 aromatic heterocycles. The maximum Gasteiger partial charge on any atom is 0.305 e. The number of hydrogen-bond acceptors (Lipinski definition) is 3. The summed E-state index contributed by atoms with van der Waals surface area (Å²) in [6.45, 7) is 4.00. The van der Waals surface area contributed by atoms with Crippen LogP contribution in [0.4, 0.5) is 10.1 Å². The lowest BCUT2D eigenvalue weighted by Crippen LogP contribution is -1.93. The highest BCUT2D eigenvalue weighted by atomic mass is 19.1. The van der Waals surface area contributed by atoms with Gasteiger partial charge in [-0.05, 0) is 12.1 Å². The van der Waals surface area contributed by atoms with Gasteiger partial charge in [0, 0.05) is 11.6 Å². The van der Waals surface area contributed by atoms with Gasteiger partial charge in [-0.3, -0.25) is 14.9 Å². The molecule has 1 aromatic carbocycles. The third kappa shape index (κ3) is 2.93. The number of benzene rings is 1. The van der Waals surface area contributed by atoms with Crippen LogP contribution in [0.5, 0.6) is 0 Å². The highest BCUT2D eigenvalue weighted by Gasteiger charge is 2.13. The van der Waals surface area contributed by atoms with Gasteiger partial charge in [0.05, 0.1) is 4.92 Å². The molecule has 0 fully saturated rings. The van der Waals surface area contributed by atoms with Gasteiger partial charge < -0.3 is 0 Å². The zero-order chi connectivity index (χ0) is 11.1. The number of carbonyl (C=O) groups excluding carboxylic acids is 1. The van der Waals surface area contributed by atoms with Gasteiger partial charge in [0.15, 0.2) is 0 Å². The molecule has 14 heavy (non-hydrogen) atoms. The van der Waals surface area contributed by atoms with Crippen molar-refractivity contribution < 1.29 is 14.1 Å². The Morgan fingerprint density at radius 1 is 1.43 bits per heavy atom. The molecular weight excluding hydrogens is 189 g/mol. The van der Waals surface area contributed by atoms with E-state index in [1.807, 2.05) is 13.8 Å². The molecule has 0 unspecified atom stereocenters. The molecule has 0 aliphatic heterocycles. The van der Waals surface area contributed by atoms with Crippen molar-refractivity contribution in [2.45, 2.75) is 13.8 Å². The number of hydrogen-bond donors (Lipinski definition) is 0. The van der Waals surface area contributed by atoms with Crippen LogP contribution in [0.2, 0.25) is 0 Å². The van der Waals surface area contributed by atoms with E-state index in [0.717, 1.165) is 12.1 Å². The van der Waals surface area contributed by atoms with Gasteiger partial charge in [-0.25, -0.2) is 0 Å². The lowest BCUT2D eigenvalue weighted by atomic mass is 10.2. The van der Waals surface area contributed by atoms with E-state index in [-0.39, 0.29) is 5.56 Å². The van der Waals surface area contributed by atoms with Gasteiger partial charge in [0.1, 0.15) is 6.29 Å². The van der Waals surface area contributed by atoms with E-state index in [1.54, 1.807) is 0 Å². The van der Waals surface area contributed by atoms with Crippen molar-refractivity contribution >= 4 is 12.0 Å². The van der Waals surface area contributed by atoms with E-state index in [0.29, 0.717) is 6.29 Å². The molecule has 0 heterocycles. The summed E-state index contributed by atoms with van der Waals surface area (Å²) >= 11 is 0. The van der Waals surface area contributed by atoms with Gasteiger partial charge in [0.2, 0.25) is 5.82 Å². The third-order valence-corrected chi connectivity index (χ3v) is 1.30. The molecule has 0 amide bonds. The van der Waals surface area contributed by atoms with Gasteiger partial charge in [-0.15, -0.1) is 0 Å². The largest absolute Gasteiger partial charge is 0.305 e. The smallest absolute Gasteiger partial charge is 0.298 e. The van der Waals surface area contributed by atoms with E-state index in [9.17, 15) is 19.3 Å². The molecule has 0 aliphatic rings. The van der Waals surface area contributed by atoms with Crippen LogP contribution in [-0.4, -0.2) is 11.2 Å². The number of halogens is 1. The van der Waals surface area contributed by atoms with Gasteiger partial charge in [0.25, 0.3) is 0 Å². The number of nitro groups is 1. The molecule has 0 bridgehead atoms. The molecular formula is C9H10FNO3. The molecule has 0 spiro atoms. The second-order valence-corrected chi connectivity index (χ2v) is 2.09. The first-order valence-electron chi connectivity index (χ1n) is 4.04. The molecule has 0 radical (unpaired) electrons.